The second-order valence-electron chi connectivity index (χ2n) is 9.86. The maximum absolute atomic E-state index is 12.1. The first-order valence-electron chi connectivity index (χ1n) is 13.7. The van der Waals surface area contributed by atoms with Gasteiger partial charge in [0.15, 0.2) is 0 Å². The molecule has 6 heteroatoms. The third kappa shape index (κ3) is 10.9. The van der Waals surface area contributed by atoms with Crippen molar-refractivity contribution in [2.45, 2.75) is 33.2 Å². The van der Waals surface area contributed by atoms with E-state index in [0.717, 1.165) is 33.4 Å². The molecule has 0 aliphatic carbocycles. The molecule has 216 valence electrons. The average molecular weight is 557 g/mol. The monoisotopic (exact) mass is 556 g/mol. The number of carbonyl (C=O) groups is 1. The molecule has 0 fully saturated rings. The van der Waals surface area contributed by atoms with Crippen molar-refractivity contribution in [1.82, 2.24) is 0 Å². The summed E-state index contributed by atoms with van der Waals surface area (Å²) in [6.45, 7) is 14.7. The highest BCUT2D eigenvalue weighted by molar-refractivity contribution is 5.68. The summed E-state index contributed by atoms with van der Waals surface area (Å²) in [4.78, 5) is 23.4. The second-order valence-corrected chi connectivity index (χ2v) is 9.86. The first-order chi connectivity index (χ1) is 20.0. The van der Waals surface area contributed by atoms with Crippen LogP contribution in [0.1, 0.15) is 46.7 Å². The van der Waals surface area contributed by atoms with Crippen LogP contribution in [0, 0.1) is 5.41 Å². The number of hydrogen-bond donors (Lipinski definition) is 0. The number of ether oxygens (including phenoxy) is 3. The maximum atomic E-state index is 12.1. The molecule has 0 aromatic heterocycles. The molecule has 0 saturated carbocycles. The van der Waals surface area contributed by atoms with E-state index in [1.54, 1.807) is 25.2 Å². The Kier molecular flexibility index (Phi) is 13.2. The van der Waals surface area contributed by atoms with Gasteiger partial charge in [-0.05, 0) is 33.4 Å². The van der Waals surface area contributed by atoms with E-state index in [-0.39, 0.29) is 45.4 Å². The zero-order valence-electron chi connectivity index (χ0n) is 23.9. The summed E-state index contributed by atoms with van der Waals surface area (Å²) in [6, 6.07) is 23.8. The van der Waals surface area contributed by atoms with Gasteiger partial charge in [-0.3, -0.25) is 4.79 Å². The fourth-order valence-corrected chi connectivity index (χ4v) is 3.88. The van der Waals surface area contributed by atoms with Crippen molar-refractivity contribution in [3.05, 3.63) is 126 Å². The Morgan fingerprint density at radius 1 is 0.610 bits per heavy atom. The Morgan fingerprint density at radius 2 is 1.02 bits per heavy atom. The minimum atomic E-state index is -0.806. The molecule has 3 aromatic rings. The summed E-state index contributed by atoms with van der Waals surface area (Å²) < 4.78 is 17.9. The number of carbonyl (C=O) groups excluding carboxylic acids is 1. The highest BCUT2D eigenvalue weighted by atomic mass is 17.2. The molecule has 3 rings (SSSR count). The van der Waals surface area contributed by atoms with E-state index in [4.69, 9.17) is 24.0 Å². The van der Waals surface area contributed by atoms with Crippen LogP contribution >= 0.6 is 0 Å². The van der Waals surface area contributed by atoms with Crippen LogP contribution in [-0.2, 0) is 48.6 Å². The normalized spacial score (nSPS) is 11.1. The molecule has 0 bridgehead atoms. The second kappa shape index (κ2) is 17.1. The Morgan fingerprint density at radius 3 is 1.41 bits per heavy atom. The van der Waals surface area contributed by atoms with Crippen molar-refractivity contribution in [3.8, 4) is 0 Å². The summed E-state index contributed by atoms with van der Waals surface area (Å²) in [7, 11) is 0. The molecule has 0 amide bonds. The standard InChI is InChI=1S/C35H40O6/c1-5-28-9-15-31(16-10-28)21-37-24-35(26-39-34(36)8-4,25-38-22-32-17-11-29(6-2)12-18-32)27-41-40-23-33-19-13-30(7-3)14-20-33/h5-7,9-20H,1-3,8,21-27H2,4H3. The average Bonchev–Trinajstić information content (AvgIpc) is 3.02. The summed E-state index contributed by atoms with van der Waals surface area (Å²) in [5.41, 5.74) is 5.27. The van der Waals surface area contributed by atoms with Gasteiger partial charge in [-0.15, -0.1) is 0 Å². The van der Waals surface area contributed by atoms with Crippen molar-refractivity contribution in [1.29, 1.82) is 0 Å². The number of benzene rings is 3. The first kappa shape index (κ1) is 31.7. The lowest BCUT2D eigenvalue weighted by Crippen LogP contribution is -2.42. The van der Waals surface area contributed by atoms with Crippen LogP contribution < -0.4 is 0 Å². The van der Waals surface area contributed by atoms with Gasteiger partial charge in [0.05, 0.1) is 38.4 Å². The van der Waals surface area contributed by atoms with Crippen molar-refractivity contribution >= 4 is 24.2 Å². The largest absolute Gasteiger partial charge is 0.465 e. The molecule has 0 unspecified atom stereocenters. The Balaban J connectivity index is 1.69. The summed E-state index contributed by atoms with van der Waals surface area (Å²) in [5, 5.41) is 0. The lowest BCUT2D eigenvalue weighted by Gasteiger charge is -2.32. The SMILES string of the molecule is C=Cc1ccc(COCC(COCc2ccc(C=C)cc2)(COOCc2ccc(C=C)cc2)COC(=O)CC)cc1. The van der Waals surface area contributed by atoms with Crippen LogP contribution in [0.4, 0.5) is 0 Å². The lowest BCUT2D eigenvalue weighted by molar-refractivity contribution is -0.326. The molecule has 0 spiro atoms. The maximum Gasteiger partial charge on any atom is 0.305 e. The van der Waals surface area contributed by atoms with E-state index in [0.29, 0.717) is 13.2 Å². The van der Waals surface area contributed by atoms with Gasteiger partial charge in [0.25, 0.3) is 0 Å². The van der Waals surface area contributed by atoms with Gasteiger partial charge in [-0.2, -0.15) is 0 Å². The summed E-state index contributed by atoms with van der Waals surface area (Å²) >= 11 is 0. The van der Waals surface area contributed by atoms with Gasteiger partial charge in [0.2, 0.25) is 0 Å². The van der Waals surface area contributed by atoms with Crippen LogP contribution in [0.5, 0.6) is 0 Å². The van der Waals surface area contributed by atoms with Gasteiger partial charge < -0.3 is 14.2 Å². The summed E-state index contributed by atoms with van der Waals surface area (Å²) in [6.07, 6.45) is 5.65. The highest BCUT2D eigenvalue weighted by Crippen LogP contribution is 2.23. The zero-order chi connectivity index (χ0) is 29.3. The van der Waals surface area contributed by atoms with Crippen molar-refractivity contribution in [2.75, 3.05) is 26.4 Å². The molecular weight excluding hydrogens is 516 g/mol. The molecule has 0 saturated heterocycles. The Bertz CT molecular complexity index is 1170. The van der Waals surface area contributed by atoms with E-state index < -0.39 is 5.41 Å². The van der Waals surface area contributed by atoms with E-state index >= 15 is 0 Å². The summed E-state index contributed by atoms with van der Waals surface area (Å²) in [5.74, 6) is -0.308. The van der Waals surface area contributed by atoms with Gasteiger partial charge in [-0.1, -0.05) is 118 Å². The third-order valence-electron chi connectivity index (χ3n) is 6.50. The van der Waals surface area contributed by atoms with Crippen LogP contribution in [0.3, 0.4) is 0 Å². The predicted molar refractivity (Wildman–Crippen MR) is 163 cm³/mol. The number of esters is 1. The highest BCUT2D eigenvalue weighted by Gasteiger charge is 2.34. The van der Waals surface area contributed by atoms with Crippen LogP contribution in [0.25, 0.3) is 18.2 Å². The number of rotatable bonds is 19. The van der Waals surface area contributed by atoms with Crippen LogP contribution in [0.2, 0.25) is 0 Å². The van der Waals surface area contributed by atoms with Gasteiger partial charge >= 0.3 is 5.97 Å². The minimum Gasteiger partial charge on any atom is -0.465 e. The topological polar surface area (TPSA) is 63.2 Å². The first-order valence-corrected chi connectivity index (χ1v) is 13.7. The van der Waals surface area contributed by atoms with Gasteiger partial charge in [-0.25, -0.2) is 9.78 Å². The molecule has 0 aliphatic heterocycles. The molecule has 0 atom stereocenters. The lowest BCUT2D eigenvalue weighted by atomic mass is 9.92. The third-order valence-corrected chi connectivity index (χ3v) is 6.50. The molecule has 0 heterocycles. The Labute approximate surface area is 243 Å². The molecule has 6 nitrogen and oxygen atoms in total. The van der Waals surface area contributed by atoms with E-state index in [2.05, 4.69) is 19.7 Å². The molecule has 3 aromatic carbocycles. The Hall–Kier alpha value is -3.81. The van der Waals surface area contributed by atoms with Crippen LogP contribution in [-0.4, -0.2) is 32.4 Å². The number of hydrogen-bond acceptors (Lipinski definition) is 6. The molecular formula is C35H40O6. The van der Waals surface area contributed by atoms with Crippen molar-refractivity contribution < 1.29 is 28.8 Å². The van der Waals surface area contributed by atoms with E-state index in [1.165, 1.54) is 0 Å². The molecule has 0 aliphatic rings. The van der Waals surface area contributed by atoms with E-state index in [9.17, 15) is 4.79 Å². The molecule has 41 heavy (non-hydrogen) atoms. The molecule has 0 N–H and O–H groups in total. The zero-order valence-corrected chi connectivity index (χ0v) is 23.9. The predicted octanol–water partition coefficient (Wildman–Crippen LogP) is 7.44. The fraction of sp³-hybridized carbons (Fsp3) is 0.286. The van der Waals surface area contributed by atoms with E-state index in [1.807, 2.05) is 72.8 Å². The smallest absolute Gasteiger partial charge is 0.305 e. The molecule has 0 radical (unpaired) electrons. The van der Waals surface area contributed by atoms with Crippen molar-refractivity contribution in [3.63, 3.8) is 0 Å². The minimum absolute atomic E-state index is 0.0574. The van der Waals surface area contributed by atoms with Crippen LogP contribution in [0.15, 0.2) is 92.5 Å². The van der Waals surface area contributed by atoms with Gasteiger partial charge in [0.1, 0.15) is 13.2 Å². The quantitative estimate of drug-likeness (QED) is 0.0662. The van der Waals surface area contributed by atoms with Gasteiger partial charge in [0, 0.05) is 6.42 Å². The van der Waals surface area contributed by atoms with Crippen molar-refractivity contribution in [2.24, 2.45) is 5.41 Å². The fourth-order valence-electron chi connectivity index (χ4n) is 3.88.